The highest BCUT2D eigenvalue weighted by Crippen LogP contribution is 2.42. The fourth-order valence-electron chi connectivity index (χ4n) is 7.78. The standard InChI is InChI=1S/C48H28O2/c1-2-10-29(11-3-1)32-24-33(30-18-20-39-37-14-5-4-12-35(37)36-13-6-7-15-38(36)43(39)27-30)26-34(25-32)31-19-23-46-44(28-31)42-22-21-41-40-16-8-9-17-45(40)49-47(41)48(42)50-46/h1-28H/i1D,2D,3D,10D,11D. The van der Waals surface area contributed by atoms with Crippen molar-refractivity contribution in [2.45, 2.75) is 0 Å². The maximum Gasteiger partial charge on any atom is 0.178 e. The van der Waals surface area contributed by atoms with E-state index in [2.05, 4.69) is 91.0 Å². The first kappa shape index (κ1) is 22.8. The van der Waals surface area contributed by atoms with Crippen LogP contribution in [0.3, 0.4) is 0 Å². The Bertz CT molecular complexity index is 3380. The second kappa shape index (κ2) is 10.4. The number of benzene rings is 9. The fourth-order valence-corrected chi connectivity index (χ4v) is 7.78. The zero-order valence-corrected chi connectivity index (χ0v) is 26.6. The Morgan fingerprint density at radius 1 is 0.300 bits per heavy atom. The third-order valence-electron chi connectivity index (χ3n) is 10.1. The summed E-state index contributed by atoms with van der Waals surface area (Å²) >= 11 is 0. The van der Waals surface area contributed by atoms with Crippen molar-refractivity contribution in [1.82, 2.24) is 0 Å². The van der Waals surface area contributed by atoms with Gasteiger partial charge in [-0.15, -0.1) is 0 Å². The molecule has 2 heteroatoms. The van der Waals surface area contributed by atoms with E-state index >= 15 is 0 Å². The van der Waals surface area contributed by atoms with Crippen molar-refractivity contribution in [3.05, 3.63) is 170 Å². The molecule has 50 heavy (non-hydrogen) atoms. The predicted molar refractivity (Wildman–Crippen MR) is 210 cm³/mol. The highest BCUT2D eigenvalue weighted by atomic mass is 16.4. The molecule has 2 nitrogen and oxygen atoms in total. The van der Waals surface area contributed by atoms with Crippen LogP contribution in [0, 0.1) is 0 Å². The molecule has 0 atom stereocenters. The highest BCUT2D eigenvalue weighted by Gasteiger charge is 2.17. The van der Waals surface area contributed by atoms with Crippen LogP contribution in [0.15, 0.2) is 179 Å². The molecular weight excluding hydrogens is 609 g/mol. The van der Waals surface area contributed by atoms with Crippen LogP contribution < -0.4 is 0 Å². The summed E-state index contributed by atoms with van der Waals surface area (Å²) in [6, 6.07) is 45.9. The van der Waals surface area contributed by atoms with Crippen molar-refractivity contribution in [1.29, 1.82) is 0 Å². The first-order valence-electron chi connectivity index (χ1n) is 19.2. The van der Waals surface area contributed by atoms with Crippen LogP contribution in [-0.4, -0.2) is 0 Å². The minimum Gasteiger partial charge on any atom is -0.452 e. The monoisotopic (exact) mass is 641 g/mol. The second-order valence-corrected chi connectivity index (χ2v) is 12.9. The van der Waals surface area contributed by atoms with E-state index in [1.165, 1.54) is 16.2 Å². The molecule has 0 spiro atoms. The summed E-state index contributed by atoms with van der Waals surface area (Å²) in [6.45, 7) is 0. The predicted octanol–water partition coefficient (Wildman–Crippen LogP) is 13.9. The van der Waals surface area contributed by atoms with Gasteiger partial charge in [-0.25, -0.2) is 0 Å². The van der Waals surface area contributed by atoms with Gasteiger partial charge in [-0.2, -0.15) is 0 Å². The molecule has 232 valence electrons. The van der Waals surface area contributed by atoms with E-state index in [0.29, 0.717) is 16.7 Å². The Hall–Kier alpha value is -6.64. The minimum absolute atomic E-state index is 0.161. The smallest absolute Gasteiger partial charge is 0.178 e. The van der Waals surface area contributed by atoms with Crippen LogP contribution in [0.4, 0.5) is 0 Å². The quantitative estimate of drug-likeness (QED) is 0.179. The van der Waals surface area contributed by atoms with Gasteiger partial charge in [-0.1, -0.05) is 115 Å². The molecule has 0 saturated heterocycles. The lowest BCUT2D eigenvalue weighted by Crippen LogP contribution is -1.88. The molecule has 0 saturated carbocycles. The summed E-state index contributed by atoms with van der Waals surface area (Å²) in [6.07, 6.45) is 0. The molecule has 0 radical (unpaired) electrons. The molecule has 11 aromatic rings. The van der Waals surface area contributed by atoms with Crippen LogP contribution in [0.2, 0.25) is 0 Å². The number of furan rings is 2. The van der Waals surface area contributed by atoms with E-state index < -0.39 is 6.04 Å². The molecule has 2 aromatic heterocycles. The van der Waals surface area contributed by atoms with Crippen molar-refractivity contribution in [2.24, 2.45) is 0 Å². The molecule has 11 rings (SSSR count). The molecule has 0 aliphatic carbocycles. The van der Waals surface area contributed by atoms with E-state index in [0.717, 1.165) is 71.1 Å². The topological polar surface area (TPSA) is 26.3 Å². The van der Waals surface area contributed by atoms with Gasteiger partial charge in [-0.3, -0.25) is 0 Å². The molecule has 2 heterocycles. The number of hydrogen-bond acceptors (Lipinski definition) is 2. The van der Waals surface area contributed by atoms with Gasteiger partial charge in [0, 0.05) is 21.5 Å². The third kappa shape index (κ3) is 4.03. The first-order valence-corrected chi connectivity index (χ1v) is 16.7. The second-order valence-electron chi connectivity index (χ2n) is 12.9. The average Bonchev–Trinajstić information content (AvgIpc) is 3.80. The zero-order valence-electron chi connectivity index (χ0n) is 31.6. The lowest BCUT2D eigenvalue weighted by atomic mass is 9.90. The number of hydrogen-bond donors (Lipinski definition) is 0. The Balaban J connectivity index is 1.16. The molecule has 0 amide bonds. The van der Waals surface area contributed by atoms with Crippen LogP contribution >= 0.6 is 0 Å². The summed E-state index contributed by atoms with van der Waals surface area (Å²) < 4.78 is 55.7. The van der Waals surface area contributed by atoms with Gasteiger partial charge < -0.3 is 8.83 Å². The molecule has 9 aromatic carbocycles. The maximum absolute atomic E-state index is 8.89. The largest absolute Gasteiger partial charge is 0.452 e. The Labute approximate surface area is 294 Å². The van der Waals surface area contributed by atoms with Gasteiger partial charge in [0.1, 0.15) is 11.2 Å². The normalized spacial score (nSPS) is 13.4. The van der Waals surface area contributed by atoms with Gasteiger partial charge >= 0.3 is 0 Å². The fraction of sp³-hybridized carbons (Fsp3) is 0. The summed E-state index contributed by atoms with van der Waals surface area (Å²) in [5.74, 6) is 0. The van der Waals surface area contributed by atoms with Gasteiger partial charge in [-0.05, 0) is 120 Å². The van der Waals surface area contributed by atoms with Crippen molar-refractivity contribution in [3.8, 4) is 33.4 Å². The Morgan fingerprint density at radius 3 is 1.38 bits per heavy atom. The van der Waals surface area contributed by atoms with E-state index in [1.807, 2.05) is 48.5 Å². The number of para-hydroxylation sites is 1. The highest BCUT2D eigenvalue weighted by molar-refractivity contribution is 6.26. The molecule has 0 aliphatic heterocycles. The van der Waals surface area contributed by atoms with Crippen molar-refractivity contribution in [2.75, 3.05) is 0 Å². The summed E-state index contributed by atoms with van der Waals surface area (Å²) in [7, 11) is 0. The molecule has 0 fully saturated rings. The number of rotatable bonds is 3. The van der Waals surface area contributed by atoms with Gasteiger partial charge in [0.05, 0.1) is 6.85 Å². The zero-order chi connectivity index (χ0) is 37.1. The van der Waals surface area contributed by atoms with Crippen LogP contribution in [0.5, 0.6) is 0 Å². The van der Waals surface area contributed by atoms with Crippen molar-refractivity contribution >= 4 is 76.2 Å². The maximum atomic E-state index is 8.89. The van der Waals surface area contributed by atoms with E-state index in [9.17, 15) is 0 Å². The minimum atomic E-state index is -0.417. The Morgan fingerprint density at radius 2 is 0.740 bits per heavy atom. The van der Waals surface area contributed by atoms with E-state index in [1.54, 1.807) is 0 Å². The summed E-state index contributed by atoms with van der Waals surface area (Å²) in [4.78, 5) is 0. The van der Waals surface area contributed by atoms with E-state index in [4.69, 9.17) is 15.7 Å². The molecule has 0 unspecified atom stereocenters. The number of fused-ring (bicyclic) bond motifs is 13. The third-order valence-corrected chi connectivity index (χ3v) is 10.1. The molecular formula is C48H28O2. The van der Waals surface area contributed by atoms with Gasteiger partial charge in [0.25, 0.3) is 0 Å². The van der Waals surface area contributed by atoms with Crippen molar-refractivity contribution < 1.29 is 15.7 Å². The molecule has 0 bridgehead atoms. The lowest BCUT2D eigenvalue weighted by molar-refractivity contribution is 0.633. The van der Waals surface area contributed by atoms with Crippen molar-refractivity contribution in [3.63, 3.8) is 0 Å². The van der Waals surface area contributed by atoms with Crippen LogP contribution in [0.25, 0.3) is 110 Å². The molecule has 0 N–H and O–H groups in total. The SMILES string of the molecule is [2H]c1c([2H])c([2H])c(-c2cc(-c3ccc4oc5c(ccc6c7ccccc7oc65)c4c3)cc(-c3ccc4c5ccccc5c5ccccc5c4c3)c2)c([2H])c1[2H]. The average molecular weight is 642 g/mol. The van der Waals surface area contributed by atoms with Gasteiger partial charge in [0.15, 0.2) is 11.2 Å². The lowest BCUT2D eigenvalue weighted by Gasteiger charge is -2.14. The van der Waals surface area contributed by atoms with Gasteiger partial charge in [0.2, 0.25) is 0 Å². The summed E-state index contributed by atoms with van der Waals surface area (Å²) in [5.41, 5.74) is 7.16. The van der Waals surface area contributed by atoms with Crippen LogP contribution in [0.1, 0.15) is 6.85 Å². The Kier molecular flexibility index (Phi) is 4.76. The first-order chi connectivity index (χ1) is 26.8. The van der Waals surface area contributed by atoms with Crippen LogP contribution in [-0.2, 0) is 0 Å². The molecule has 0 aliphatic rings. The van der Waals surface area contributed by atoms with E-state index in [-0.39, 0.29) is 29.7 Å². The summed E-state index contributed by atoms with van der Waals surface area (Å²) in [5, 5.41) is 10.9.